The van der Waals surface area contributed by atoms with E-state index in [2.05, 4.69) is 18.4 Å². The third-order valence-electron chi connectivity index (χ3n) is 1.48. The molecule has 0 heterocycles. The van der Waals surface area contributed by atoms with Gasteiger partial charge in [-0.15, -0.1) is 0 Å². The first kappa shape index (κ1) is 13.9. The maximum Gasteiger partial charge on any atom is 0.0477 e. The molecule has 0 aromatic carbocycles. The second kappa shape index (κ2) is 8.47. The Balaban J connectivity index is 0. The summed E-state index contributed by atoms with van der Waals surface area (Å²) in [5.41, 5.74) is 1.49. The van der Waals surface area contributed by atoms with Crippen LogP contribution in [0.4, 0.5) is 0 Å². The van der Waals surface area contributed by atoms with Gasteiger partial charge in [0.05, 0.1) is 0 Å². The lowest BCUT2D eigenvalue weighted by Gasteiger charge is -2.13. The van der Waals surface area contributed by atoms with Gasteiger partial charge in [-0.1, -0.05) is 27.4 Å². The normalized spacial score (nSPS) is 8.83. The van der Waals surface area contributed by atoms with Crippen LogP contribution in [0.3, 0.4) is 0 Å². The fourth-order valence-electron chi connectivity index (χ4n) is 0.517. The van der Waals surface area contributed by atoms with Gasteiger partial charge in [0.1, 0.15) is 0 Å². The van der Waals surface area contributed by atoms with Crippen LogP contribution in [0.1, 0.15) is 27.7 Å². The molecule has 0 saturated heterocycles. The van der Waals surface area contributed by atoms with Gasteiger partial charge in [0.15, 0.2) is 0 Å². The highest BCUT2D eigenvalue weighted by Crippen LogP contribution is 1.92. The molecule has 0 radical (unpaired) electrons. The predicted molar refractivity (Wildman–Crippen MR) is 57.1 cm³/mol. The van der Waals surface area contributed by atoms with E-state index in [1.54, 1.807) is 0 Å². The minimum atomic E-state index is 0.629. The molecule has 2 heteroatoms. The summed E-state index contributed by atoms with van der Waals surface area (Å²) < 4.78 is 0. The lowest BCUT2D eigenvalue weighted by atomic mass is 10.2. The Hall–Kier alpha value is -0.630. The Morgan fingerprint density at radius 1 is 1.42 bits per heavy atom. The van der Waals surface area contributed by atoms with Gasteiger partial charge in [-0.05, 0) is 26.1 Å². The van der Waals surface area contributed by atoms with Gasteiger partial charge in [0.25, 0.3) is 0 Å². The van der Waals surface area contributed by atoms with Crippen LogP contribution in [-0.4, -0.2) is 30.7 Å². The van der Waals surface area contributed by atoms with Gasteiger partial charge in [0.2, 0.25) is 0 Å². The summed E-state index contributed by atoms with van der Waals surface area (Å²) >= 11 is 0. The monoisotopic (exact) mass is 170 g/mol. The number of hydrogen-bond acceptors (Lipinski definition) is 2. The van der Waals surface area contributed by atoms with Crippen molar-refractivity contribution in [1.82, 2.24) is 4.90 Å². The van der Waals surface area contributed by atoms with Crippen LogP contribution in [-0.2, 0) is 0 Å². The smallest absolute Gasteiger partial charge is 0.0477 e. The molecule has 72 valence electrons. The molecule has 1 N–H and O–H groups in total. The molecule has 0 fully saturated rings. The van der Waals surface area contributed by atoms with Crippen molar-refractivity contribution in [3.8, 4) is 0 Å². The van der Waals surface area contributed by atoms with E-state index in [1.807, 2.05) is 27.8 Å². The van der Waals surface area contributed by atoms with Crippen LogP contribution in [0.5, 0.6) is 0 Å². The quantitative estimate of drug-likeness (QED) is 0.645. The van der Waals surface area contributed by atoms with Gasteiger partial charge >= 0.3 is 0 Å². The molecule has 0 rings (SSSR count). The standard InChI is InChI=1S/C8H16N2.C2H6/c1-5-10(4)6-8(9)7(2)3;1-2/h9H,2,5-6H2,1,3-4H3;1-2H3. The molecule has 0 saturated carbocycles. The second-order valence-corrected chi connectivity index (χ2v) is 2.59. The molecular formula is C10H22N2. The van der Waals surface area contributed by atoms with Crippen molar-refractivity contribution in [2.24, 2.45) is 0 Å². The van der Waals surface area contributed by atoms with Crippen molar-refractivity contribution < 1.29 is 0 Å². The van der Waals surface area contributed by atoms with Crippen molar-refractivity contribution in [2.45, 2.75) is 27.7 Å². The molecular weight excluding hydrogens is 148 g/mol. The van der Waals surface area contributed by atoms with E-state index in [9.17, 15) is 0 Å². The van der Waals surface area contributed by atoms with E-state index in [0.29, 0.717) is 12.3 Å². The van der Waals surface area contributed by atoms with Crippen molar-refractivity contribution in [3.05, 3.63) is 12.2 Å². The Kier molecular flexibility index (Phi) is 9.83. The van der Waals surface area contributed by atoms with E-state index in [1.165, 1.54) is 0 Å². The highest BCUT2D eigenvalue weighted by atomic mass is 15.1. The van der Waals surface area contributed by atoms with Gasteiger partial charge in [0, 0.05) is 12.3 Å². The first-order chi connectivity index (χ1) is 5.57. The Morgan fingerprint density at radius 3 is 2.08 bits per heavy atom. The van der Waals surface area contributed by atoms with Gasteiger partial charge in [-0.3, -0.25) is 0 Å². The SMILES string of the molecule is C=C(C)C(=N)CN(C)CC.CC. The number of nitrogens with zero attached hydrogens (tertiary/aromatic N) is 1. The lowest BCUT2D eigenvalue weighted by Crippen LogP contribution is -2.25. The van der Waals surface area contributed by atoms with Crippen molar-refractivity contribution in [3.63, 3.8) is 0 Å². The van der Waals surface area contributed by atoms with Crippen LogP contribution >= 0.6 is 0 Å². The zero-order valence-electron chi connectivity index (χ0n) is 9.07. The summed E-state index contributed by atoms with van der Waals surface area (Å²) in [7, 11) is 2.00. The van der Waals surface area contributed by atoms with Gasteiger partial charge in [-0.25, -0.2) is 0 Å². The fourth-order valence-corrected chi connectivity index (χ4v) is 0.517. The molecule has 0 aliphatic carbocycles. The largest absolute Gasteiger partial charge is 0.304 e. The Morgan fingerprint density at radius 2 is 1.83 bits per heavy atom. The molecule has 2 nitrogen and oxygen atoms in total. The third-order valence-corrected chi connectivity index (χ3v) is 1.48. The molecule has 0 aromatic rings. The van der Waals surface area contributed by atoms with E-state index < -0.39 is 0 Å². The van der Waals surface area contributed by atoms with Crippen LogP contribution in [0, 0.1) is 5.41 Å². The molecule has 0 spiro atoms. The summed E-state index contributed by atoms with van der Waals surface area (Å²) in [5.74, 6) is 0. The topological polar surface area (TPSA) is 27.1 Å². The van der Waals surface area contributed by atoms with E-state index in [-0.39, 0.29) is 0 Å². The molecule has 0 amide bonds. The van der Waals surface area contributed by atoms with Crippen LogP contribution < -0.4 is 0 Å². The highest BCUT2D eigenvalue weighted by molar-refractivity contribution is 5.98. The van der Waals surface area contributed by atoms with Crippen LogP contribution in [0.25, 0.3) is 0 Å². The van der Waals surface area contributed by atoms with Crippen molar-refractivity contribution >= 4 is 5.71 Å². The third kappa shape index (κ3) is 7.48. The Labute approximate surface area is 76.8 Å². The zero-order valence-corrected chi connectivity index (χ0v) is 9.07. The van der Waals surface area contributed by atoms with Crippen molar-refractivity contribution in [1.29, 1.82) is 5.41 Å². The average Bonchev–Trinajstić information content (AvgIpc) is 2.07. The first-order valence-electron chi connectivity index (χ1n) is 4.49. The molecule has 0 aliphatic heterocycles. The minimum Gasteiger partial charge on any atom is -0.304 e. The zero-order chi connectivity index (χ0) is 10.1. The molecule has 0 bridgehead atoms. The lowest BCUT2D eigenvalue weighted by molar-refractivity contribution is 0.403. The maximum absolute atomic E-state index is 7.44. The number of nitrogens with one attached hydrogen (secondary N) is 1. The molecule has 0 atom stereocenters. The second-order valence-electron chi connectivity index (χ2n) is 2.59. The molecule has 0 unspecified atom stereocenters. The predicted octanol–water partition coefficient (Wildman–Crippen LogP) is 2.56. The van der Waals surface area contributed by atoms with Crippen LogP contribution in [0.2, 0.25) is 0 Å². The molecule has 12 heavy (non-hydrogen) atoms. The Bertz CT molecular complexity index is 139. The van der Waals surface area contributed by atoms with E-state index in [0.717, 1.165) is 12.1 Å². The van der Waals surface area contributed by atoms with E-state index >= 15 is 0 Å². The summed E-state index contributed by atoms with van der Waals surface area (Å²) in [5, 5.41) is 7.44. The highest BCUT2D eigenvalue weighted by Gasteiger charge is 1.99. The summed E-state index contributed by atoms with van der Waals surface area (Å²) in [6, 6.07) is 0. The minimum absolute atomic E-state index is 0.629. The van der Waals surface area contributed by atoms with Gasteiger partial charge in [-0.2, -0.15) is 0 Å². The first-order valence-corrected chi connectivity index (χ1v) is 4.49. The number of rotatable bonds is 4. The van der Waals surface area contributed by atoms with Crippen LogP contribution in [0.15, 0.2) is 12.2 Å². The fraction of sp³-hybridized carbons (Fsp3) is 0.700. The maximum atomic E-state index is 7.44. The average molecular weight is 170 g/mol. The molecule has 0 aliphatic rings. The molecule has 0 aromatic heterocycles. The van der Waals surface area contributed by atoms with Gasteiger partial charge < -0.3 is 10.3 Å². The summed E-state index contributed by atoms with van der Waals surface area (Å²) in [4.78, 5) is 2.08. The summed E-state index contributed by atoms with van der Waals surface area (Å²) in [6.45, 7) is 13.3. The van der Waals surface area contributed by atoms with Crippen molar-refractivity contribution in [2.75, 3.05) is 20.1 Å². The number of hydrogen-bond donors (Lipinski definition) is 1. The summed E-state index contributed by atoms with van der Waals surface area (Å²) in [6.07, 6.45) is 0. The van der Waals surface area contributed by atoms with E-state index in [4.69, 9.17) is 5.41 Å².